The molecule has 0 aliphatic carbocycles. The molecule has 0 bridgehead atoms. The lowest BCUT2D eigenvalue weighted by Gasteiger charge is -2.25. The number of carbonyl (C=O) groups excluding carboxylic acids is 1. The average molecular weight is 286 g/mol. The van der Waals surface area contributed by atoms with Crippen LogP contribution in [0.1, 0.15) is 10.4 Å². The van der Waals surface area contributed by atoms with Crippen LogP contribution in [-0.4, -0.2) is 49.9 Å². The first-order chi connectivity index (χ1) is 9.05. The van der Waals surface area contributed by atoms with Crippen LogP contribution in [0.3, 0.4) is 0 Å². The molecule has 1 aromatic rings. The van der Waals surface area contributed by atoms with Crippen LogP contribution in [0.4, 0.5) is 0 Å². The summed E-state index contributed by atoms with van der Waals surface area (Å²) in [5, 5.41) is 0. The van der Waals surface area contributed by atoms with Gasteiger partial charge in [0.1, 0.15) is 4.90 Å². The number of hydrazine groups is 1. The van der Waals surface area contributed by atoms with Crippen LogP contribution in [0, 0.1) is 0 Å². The van der Waals surface area contributed by atoms with Crippen molar-refractivity contribution in [3.63, 3.8) is 0 Å². The predicted octanol–water partition coefficient (Wildman–Crippen LogP) is -1.29. The number of hydrogen-bond donors (Lipinski definition) is 2. The molecule has 19 heavy (non-hydrogen) atoms. The molecule has 1 saturated heterocycles. The van der Waals surface area contributed by atoms with E-state index in [9.17, 15) is 13.2 Å². The first-order valence-corrected chi connectivity index (χ1v) is 7.03. The minimum absolute atomic E-state index is 0.0319. The highest BCUT2D eigenvalue weighted by Gasteiger charge is 2.27. The quantitative estimate of drug-likeness (QED) is 0.406. The number of rotatable bonds is 3. The van der Waals surface area contributed by atoms with Crippen LogP contribution >= 0.6 is 0 Å². The number of nitrogen functional groups attached to an aromatic ring is 1. The van der Waals surface area contributed by atoms with Crippen molar-refractivity contribution in [2.45, 2.75) is 4.90 Å². The highest BCUT2D eigenvalue weighted by Crippen LogP contribution is 2.17. The summed E-state index contributed by atoms with van der Waals surface area (Å²) in [6.45, 7) is 1.29. The van der Waals surface area contributed by atoms with Gasteiger partial charge in [-0.25, -0.2) is 14.3 Å². The van der Waals surface area contributed by atoms with Gasteiger partial charge in [0.25, 0.3) is 5.91 Å². The fourth-order valence-electron chi connectivity index (χ4n) is 1.70. The average Bonchev–Trinajstić information content (AvgIpc) is 2.47. The first kappa shape index (κ1) is 13.9. The second-order valence-electron chi connectivity index (χ2n) is 3.90. The Morgan fingerprint density at radius 2 is 2.05 bits per heavy atom. The van der Waals surface area contributed by atoms with Crippen molar-refractivity contribution in [3.05, 3.63) is 24.0 Å². The summed E-state index contributed by atoms with van der Waals surface area (Å²) in [6.07, 6.45) is 2.46. The van der Waals surface area contributed by atoms with E-state index in [0.717, 1.165) is 0 Å². The summed E-state index contributed by atoms with van der Waals surface area (Å²) in [5.41, 5.74) is 2.03. The fraction of sp³-hybridized carbons (Fsp3) is 0.400. The zero-order valence-electron chi connectivity index (χ0n) is 10.1. The van der Waals surface area contributed by atoms with Crippen LogP contribution in [0.25, 0.3) is 0 Å². The van der Waals surface area contributed by atoms with Crippen molar-refractivity contribution < 1.29 is 17.9 Å². The van der Waals surface area contributed by atoms with Crippen molar-refractivity contribution in [1.82, 2.24) is 14.7 Å². The van der Waals surface area contributed by atoms with Crippen molar-refractivity contribution >= 4 is 15.9 Å². The van der Waals surface area contributed by atoms with Crippen molar-refractivity contribution in [2.24, 2.45) is 5.84 Å². The van der Waals surface area contributed by atoms with Crippen LogP contribution < -0.4 is 11.3 Å². The third-order valence-corrected chi connectivity index (χ3v) is 4.58. The Morgan fingerprint density at radius 3 is 2.68 bits per heavy atom. The number of morpholine rings is 1. The normalized spacial score (nSPS) is 17.1. The largest absolute Gasteiger partial charge is 0.379 e. The minimum atomic E-state index is -3.66. The van der Waals surface area contributed by atoms with Crippen molar-refractivity contribution in [1.29, 1.82) is 0 Å². The molecule has 0 unspecified atom stereocenters. The molecular weight excluding hydrogens is 272 g/mol. The lowest BCUT2D eigenvalue weighted by atomic mass is 10.3. The van der Waals surface area contributed by atoms with Gasteiger partial charge in [-0.2, -0.15) is 4.31 Å². The highest BCUT2D eigenvalue weighted by molar-refractivity contribution is 7.89. The van der Waals surface area contributed by atoms with Crippen molar-refractivity contribution in [3.8, 4) is 0 Å². The van der Waals surface area contributed by atoms with E-state index in [-0.39, 0.29) is 23.5 Å². The molecule has 0 aromatic carbocycles. The second kappa shape index (κ2) is 5.61. The number of carbonyl (C=O) groups is 1. The molecule has 0 atom stereocenters. The van der Waals surface area contributed by atoms with Crippen LogP contribution in [0.5, 0.6) is 0 Å². The van der Waals surface area contributed by atoms with Gasteiger partial charge >= 0.3 is 0 Å². The summed E-state index contributed by atoms with van der Waals surface area (Å²) < 4.78 is 31.0. The van der Waals surface area contributed by atoms with Gasteiger partial charge in [-0.3, -0.25) is 15.2 Å². The summed E-state index contributed by atoms with van der Waals surface area (Å²) in [7, 11) is -3.66. The van der Waals surface area contributed by atoms with Gasteiger partial charge in [0.2, 0.25) is 10.0 Å². The number of pyridine rings is 1. The molecule has 1 aliphatic heterocycles. The molecule has 0 radical (unpaired) electrons. The Hall–Kier alpha value is -1.55. The van der Waals surface area contributed by atoms with Crippen LogP contribution in [0.15, 0.2) is 23.4 Å². The zero-order chi connectivity index (χ0) is 13.9. The number of hydrogen-bond acceptors (Lipinski definition) is 6. The maximum Gasteiger partial charge on any atom is 0.266 e. The molecule has 104 valence electrons. The highest BCUT2D eigenvalue weighted by atomic mass is 32.2. The number of aromatic nitrogens is 1. The number of nitrogens with zero attached hydrogens (tertiary/aromatic N) is 2. The molecule has 0 saturated carbocycles. The number of ether oxygens (including phenoxy) is 1. The predicted molar refractivity (Wildman–Crippen MR) is 65.5 cm³/mol. The van der Waals surface area contributed by atoms with Gasteiger partial charge in [-0.1, -0.05) is 0 Å². The van der Waals surface area contributed by atoms with Gasteiger partial charge in [-0.15, -0.1) is 0 Å². The van der Waals surface area contributed by atoms with E-state index in [2.05, 4.69) is 4.98 Å². The first-order valence-electron chi connectivity index (χ1n) is 5.59. The molecule has 1 amide bonds. The van der Waals surface area contributed by atoms with Gasteiger partial charge in [-0.05, 0) is 6.07 Å². The molecule has 9 heteroatoms. The molecule has 3 N–H and O–H groups in total. The summed E-state index contributed by atoms with van der Waals surface area (Å²) in [6, 6.07) is 1.25. The Balaban J connectivity index is 2.32. The van der Waals surface area contributed by atoms with Crippen molar-refractivity contribution in [2.75, 3.05) is 26.3 Å². The van der Waals surface area contributed by atoms with Gasteiger partial charge in [0, 0.05) is 25.5 Å². The van der Waals surface area contributed by atoms with E-state index in [4.69, 9.17) is 10.6 Å². The Kier molecular flexibility index (Phi) is 4.10. The maximum absolute atomic E-state index is 12.3. The lowest BCUT2D eigenvalue weighted by molar-refractivity contribution is 0.0730. The van der Waals surface area contributed by atoms with Gasteiger partial charge in [0.15, 0.2) is 0 Å². The number of nitrogens with one attached hydrogen (secondary N) is 1. The molecule has 0 spiro atoms. The number of amides is 1. The molecular formula is C10H14N4O4S. The Labute approximate surface area is 110 Å². The second-order valence-corrected chi connectivity index (χ2v) is 5.84. The molecule has 8 nitrogen and oxygen atoms in total. The minimum Gasteiger partial charge on any atom is -0.379 e. The molecule has 1 fully saturated rings. The number of sulfonamides is 1. The van der Waals surface area contributed by atoms with Crippen LogP contribution in [0.2, 0.25) is 0 Å². The van der Waals surface area contributed by atoms with E-state index in [1.165, 1.54) is 22.8 Å². The van der Waals surface area contributed by atoms with E-state index < -0.39 is 15.9 Å². The molecule has 2 rings (SSSR count). The standard InChI is InChI=1S/C10H14N4O4S/c11-13-10(15)8-5-9(7-12-6-8)19(16,17)14-1-3-18-4-2-14/h5-7H,1-4,11H2,(H,13,15). The molecule has 2 heterocycles. The molecule has 1 aliphatic rings. The SMILES string of the molecule is NNC(=O)c1cncc(S(=O)(=O)N2CCOCC2)c1. The monoisotopic (exact) mass is 286 g/mol. The van der Waals surface area contributed by atoms with E-state index in [0.29, 0.717) is 13.2 Å². The Bertz CT molecular complexity index is 569. The van der Waals surface area contributed by atoms with E-state index in [1.54, 1.807) is 0 Å². The fourth-order valence-corrected chi connectivity index (χ4v) is 3.10. The van der Waals surface area contributed by atoms with E-state index in [1.807, 2.05) is 5.43 Å². The van der Waals surface area contributed by atoms with Gasteiger partial charge in [0.05, 0.1) is 18.8 Å². The number of nitrogens with two attached hydrogens (primary N) is 1. The smallest absolute Gasteiger partial charge is 0.266 e. The van der Waals surface area contributed by atoms with E-state index >= 15 is 0 Å². The lowest BCUT2D eigenvalue weighted by Crippen LogP contribution is -2.40. The zero-order valence-corrected chi connectivity index (χ0v) is 10.9. The summed E-state index contributed by atoms with van der Waals surface area (Å²) in [4.78, 5) is 15.1. The van der Waals surface area contributed by atoms with Gasteiger partial charge < -0.3 is 4.74 Å². The third-order valence-electron chi connectivity index (χ3n) is 2.71. The summed E-state index contributed by atoms with van der Waals surface area (Å²) >= 11 is 0. The Morgan fingerprint density at radius 1 is 1.37 bits per heavy atom. The molecule has 1 aromatic heterocycles. The topological polar surface area (TPSA) is 115 Å². The third kappa shape index (κ3) is 2.89. The van der Waals surface area contributed by atoms with Crippen LogP contribution in [-0.2, 0) is 14.8 Å². The summed E-state index contributed by atoms with van der Waals surface area (Å²) in [5.74, 6) is 4.41. The maximum atomic E-state index is 12.3.